The third-order valence-corrected chi connectivity index (χ3v) is 6.19. The number of amides is 2. The third kappa shape index (κ3) is 4.94. The number of urea groups is 1. The van der Waals surface area contributed by atoms with Crippen molar-refractivity contribution in [2.75, 3.05) is 59.0 Å². The van der Waals surface area contributed by atoms with Crippen LogP contribution in [0.25, 0.3) is 0 Å². The summed E-state index contributed by atoms with van der Waals surface area (Å²) in [5.41, 5.74) is 2.80. The maximum Gasteiger partial charge on any atom is 0.338 e. The Bertz CT molecular complexity index is 1060. The molecule has 34 heavy (non-hydrogen) atoms. The molecular weight excluding hydrogens is 436 g/mol. The van der Waals surface area contributed by atoms with Crippen molar-refractivity contribution < 1.29 is 23.8 Å². The molecule has 1 saturated heterocycles. The van der Waals surface area contributed by atoms with E-state index in [0.717, 1.165) is 43.2 Å². The fourth-order valence-electron chi connectivity index (χ4n) is 4.40. The summed E-state index contributed by atoms with van der Waals surface area (Å²) in [6, 6.07) is 14.3. The number of ether oxygens (including phenoxy) is 3. The lowest BCUT2D eigenvalue weighted by atomic mass is 9.95. The van der Waals surface area contributed by atoms with Crippen molar-refractivity contribution in [1.82, 2.24) is 15.5 Å². The molecule has 2 amide bonds. The summed E-state index contributed by atoms with van der Waals surface area (Å²) in [4.78, 5) is 29.8. The molecule has 180 valence electrons. The molecule has 2 aliphatic heterocycles. The van der Waals surface area contributed by atoms with E-state index in [0.29, 0.717) is 23.6 Å². The van der Waals surface area contributed by atoms with Crippen LogP contribution in [0, 0.1) is 0 Å². The Hall–Kier alpha value is -3.72. The van der Waals surface area contributed by atoms with Gasteiger partial charge < -0.3 is 29.7 Å². The Morgan fingerprint density at radius 2 is 1.68 bits per heavy atom. The van der Waals surface area contributed by atoms with Gasteiger partial charge in [-0.15, -0.1) is 0 Å². The summed E-state index contributed by atoms with van der Waals surface area (Å²) in [6.45, 7) is 3.58. The van der Waals surface area contributed by atoms with Crippen LogP contribution >= 0.6 is 0 Å². The van der Waals surface area contributed by atoms with Crippen LogP contribution in [0.15, 0.2) is 59.8 Å². The number of hydrogen-bond acceptors (Lipinski definition) is 7. The highest BCUT2D eigenvalue weighted by Crippen LogP contribution is 2.31. The molecule has 0 aromatic heterocycles. The number of hydrogen-bond donors (Lipinski definition) is 2. The van der Waals surface area contributed by atoms with Crippen LogP contribution < -0.4 is 25.0 Å². The number of rotatable bonds is 7. The fourth-order valence-corrected chi connectivity index (χ4v) is 4.40. The van der Waals surface area contributed by atoms with E-state index < -0.39 is 12.0 Å². The zero-order valence-corrected chi connectivity index (χ0v) is 19.7. The molecule has 4 rings (SSSR count). The van der Waals surface area contributed by atoms with Gasteiger partial charge in [0.1, 0.15) is 11.5 Å². The summed E-state index contributed by atoms with van der Waals surface area (Å²) < 4.78 is 15.8. The summed E-state index contributed by atoms with van der Waals surface area (Å²) >= 11 is 0. The van der Waals surface area contributed by atoms with Gasteiger partial charge in [-0.05, 0) is 29.8 Å². The maximum absolute atomic E-state index is 12.8. The molecule has 2 N–H and O–H groups in total. The Labute approximate surface area is 199 Å². The number of benzene rings is 2. The molecule has 0 bridgehead atoms. The molecule has 2 aliphatic rings. The average molecular weight is 467 g/mol. The van der Waals surface area contributed by atoms with Gasteiger partial charge in [-0.3, -0.25) is 4.90 Å². The van der Waals surface area contributed by atoms with Crippen LogP contribution in [-0.2, 0) is 9.53 Å². The number of piperazine rings is 1. The van der Waals surface area contributed by atoms with Gasteiger partial charge >= 0.3 is 12.0 Å². The molecule has 0 spiro atoms. The van der Waals surface area contributed by atoms with Crippen molar-refractivity contribution in [3.8, 4) is 11.5 Å². The van der Waals surface area contributed by atoms with E-state index >= 15 is 0 Å². The van der Waals surface area contributed by atoms with Crippen molar-refractivity contribution in [1.29, 1.82) is 0 Å². The molecule has 0 saturated carbocycles. The molecule has 9 nitrogen and oxygen atoms in total. The molecule has 2 aromatic carbocycles. The number of para-hydroxylation sites is 2. The van der Waals surface area contributed by atoms with Gasteiger partial charge in [-0.2, -0.15) is 0 Å². The van der Waals surface area contributed by atoms with Crippen LogP contribution in [0.1, 0.15) is 11.6 Å². The first-order valence-electron chi connectivity index (χ1n) is 11.2. The molecule has 9 heteroatoms. The summed E-state index contributed by atoms with van der Waals surface area (Å²) in [7, 11) is 4.61. The SMILES string of the molecule is COC(=O)C1=C(CN2CCN(c3ccccc3OC)CC2)NC(=O)N[C@H]1c1ccc(OC)cc1. The average Bonchev–Trinajstić information content (AvgIpc) is 2.88. The second kappa shape index (κ2) is 10.5. The molecule has 0 radical (unpaired) electrons. The molecule has 2 aromatic rings. The highest BCUT2D eigenvalue weighted by atomic mass is 16.5. The Balaban J connectivity index is 1.54. The standard InChI is InChI=1S/C25H30N4O5/c1-32-18-10-8-17(9-11-18)23-22(24(30)34-3)19(26-25(31)27-23)16-28-12-14-29(15-13-28)20-6-4-5-7-21(20)33-2/h4-11,23H,12-16H2,1-3H3,(H2,26,27,31)/t23-/m0/s1. The van der Waals surface area contributed by atoms with Crippen LogP contribution in [0.2, 0.25) is 0 Å². The van der Waals surface area contributed by atoms with Gasteiger partial charge in [-0.25, -0.2) is 9.59 Å². The summed E-state index contributed by atoms with van der Waals surface area (Å²) in [6.07, 6.45) is 0. The second-order valence-electron chi connectivity index (χ2n) is 8.12. The van der Waals surface area contributed by atoms with E-state index in [9.17, 15) is 9.59 Å². The number of carbonyl (C=O) groups excluding carboxylic acids is 2. The highest BCUT2D eigenvalue weighted by molar-refractivity contribution is 5.95. The van der Waals surface area contributed by atoms with Gasteiger partial charge in [0, 0.05) is 38.4 Å². The van der Waals surface area contributed by atoms with E-state index in [1.165, 1.54) is 7.11 Å². The largest absolute Gasteiger partial charge is 0.497 e. The smallest absolute Gasteiger partial charge is 0.338 e. The van der Waals surface area contributed by atoms with Gasteiger partial charge in [-0.1, -0.05) is 24.3 Å². The highest BCUT2D eigenvalue weighted by Gasteiger charge is 2.34. The van der Waals surface area contributed by atoms with E-state index in [4.69, 9.17) is 14.2 Å². The molecule has 0 aliphatic carbocycles. The Kier molecular flexibility index (Phi) is 7.22. The fraction of sp³-hybridized carbons (Fsp3) is 0.360. The number of methoxy groups -OCH3 is 3. The van der Waals surface area contributed by atoms with Crippen LogP contribution in [0.4, 0.5) is 10.5 Å². The Morgan fingerprint density at radius 1 is 0.971 bits per heavy atom. The first kappa shape index (κ1) is 23.4. The maximum atomic E-state index is 12.8. The minimum Gasteiger partial charge on any atom is -0.497 e. The minimum absolute atomic E-state index is 0.351. The minimum atomic E-state index is -0.614. The van der Waals surface area contributed by atoms with Crippen LogP contribution in [0.3, 0.4) is 0 Å². The van der Waals surface area contributed by atoms with Crippen molar-refractivity contribution in [2.45, 2.75) is 6.04 Å². The second-order valence-corrected chi connectivity index (χ2v) is 8.12. The lowest BCUT2D eigenvalue weighted by Crippen LogP contribution is -2.51. The van der Waals surface area contributed by atoms with Crippen molar-refractivity contribution in [3.05, 3.63) is 65.4 Å². The first-order chi connectivity index (χ1) is 16.5. The molecule has 1 atom stereocenters. The van der Waals surface area contributed by atoms with Gasteiger partial charge in [0.05, 0.1) is 38.6 Å². The van der Waals surface area contributed by atoms with E-state index in [1.54, 1.807) is 26.4 Å². The van der Waals surface area contributed by atoms with Gasteiger partial charge in [0.25, 0.3) is 0 Å². The quantitative estimate of drug-likeness (QED) is 0.605. The normalized spacial score (nSPS) is 18.7. The number of anilines is 1. The van der Waals surface area contributed by atoms with Crippen molar-refractivity contribution >= 4 is 17.7 Å². The number of esters is 1. The zero-order valence-electron chi connectivity index (χ0n) is 19.7. The monoisotopic (exact) mass is 466 g/mol. The molecular formula is C25H30N4O5. The summed E-state index contributed by atoms with van der Waals surface area (Å²) in [5.74, 6) is 1.07. The molecule has 1 fully saturated rings. The lowest BCUT2D eigenvalue weighted by Gasteiger charge is -2.38. The third-order valence-electron chi connectivity index (χ3n) is 6.19. The number of nitrogens with one attached hydrogen (secondary N) is 2. The molecule has 0 unspecified atom stereocenters. The van der Waals surface area contributed by atoms with Crippen LogP contribution in [0.5, 0.6) is 11.5 Å². The number of carbonyl (C=O) groups is 2. The predicted molar refractivity (Wildman–Crippen MR) is 128 cm³/mol. The molecule has 2 heterocycles. The number of nitrogens with zero attached hydrogens (tertiary/aromatic N) is 2. The lowest BCUT2D eigenvalue weighted by molar-refractivity contribution is -0.136. The Morgan fingerprint density at radius 3 is 2.32 bits per heavy atom. The first-order valence-corrected chi connectivity index (χ1v) is 11.2. The topological polar surface area (TPSA) is 92.4 Å². The van der Waals surface area contributed by atoms with Crippen LogP contribution in [-0.4, -0.2) is 71.0 Å². The van der Waals surface area contributed by atoms with E-state index in [2.05, 4.69) is 26.5 Å². The van der Waals surface area contributed by atoms with Crippen molar-refractivity contribution in [2.24, 2.45) is 0 Å². The predicted octanol–water partition coefficient (Wildman–Crippen LogP) is 2.31. The zero-order chi connectivity index (χ0) is 24.1. The van der Waals surface area contributed by atoms with E-state index in [1.807, 2.05) is 30.3 Å². The van der Waals surface area contributed by atoms with Gasteiger partial charge in [0.15, 0.2) is 0 Å². The van der Waals surface area contributed by atoms with E-state index in [-0.39, 0.29) is 6.03 Å². The van der Waals surface area contributed by atoms with Gasteiger partial charge in [0.2, 0.25) is 0 Å². The van der Waals surface area contributed by atoms with Crippen molar-refractivity contribution in [3.63, 3.8) is 0 Å². The summed E-state index contributed by atoms with van der Waals surface area (Å²) in [5, 5.41) is 5.69.